The average molecular weight is 126 g/mol. The van der Waals surface area contributed by atoms with Gasteiger partial charge in [0.05, 0.1) is 11.7 Å². The Balaban J connectivity index is 2.07. The molecule has 0 N–H and O–H groups in total. The molecular formula is C8H14O. The van der Waals surface area contributed by atoms with E-state index in [0.717, 1.165) is 5.92 Å². The molecule has 2 aliphatic rings. The summed E-state index contributed by atoms with van der Waals surface area (Å²) in [5.74, 6) is 0.823. The van der Waals surface area contributed by atoms with Crippen LogP contribution in [0.15, 0.2) is 0 Å². The van der Waals surface area contributed by atoms with Crippen molar-refractivity contribution in [2.75, 3.05) is 0 Å². The maximum Gasteiger partial charge on any atom is 0.0923 e. The van der Waals surface area contributed by atoms with Crippen molar-refractivity contribution in [2.24, 2.45) is 5.92 Å². The quantitative estimate of drug-likeness (QED) is 0.452. The molecule has 0 aromatic carbocycles. The minimum absolute atomic E-state index is 0.317. The molecule has 1 saturated carbocycles. The molecule has 0 bridgehead atoms. The normalized spacial score (nSPS) is 56.7. The minimum Gasteiger partial charge on any atom is -0.366 e. The fraction of sp³-hybridized carbons (Fsp3) is 1.00. The second kappa shape index (κ2) is 1.51. The lowest BCUT2D eigenvalue weighted by Crippen LogP contribution is -2.20. The van der Waals surface area contributed by atoms with Gasteiger partial charge in [0.1, 0.15) is 0 Å². The highest BCUT2D eigenvalue weighted by molar-refractivity contribution is 5.04. The van der Waals surface area contributed by atoms with Crippen molar-refractivity contribution in [1.29, 1.82) is 0 Å². The summed E-state index contributed by atoms with van der Waals surface area (Å²) in [6.07, 6.45) is 4.66. The first-order valence-corrected chi connectivity index (χ1v) is 3.90. The Morgan fingerprint density at radius 3 is 2.89 bits per heavy atom. The lowest BCUT2D eigenvalue weighted by molar-refractivity contribution is 0.300. The summed E-state index contributed by atoms with van der Waals surface area (Å²) in [6.45, 7) is 4.54. The third kappa shape index (κ3) is 0.710. The Morgan fingerprint density at radius 1 is 1.56 bits per heavy atom. The Kier molecular flexibility index (Phi) is 0.963. The summed E-state index contributed by atoms with van der Waals surface area (Å²) < 4.78 is 5.58. The van der Waals surface area contributed by atoms with Crippen LogP contribution in [0.1, 0.15) is 33.1 Å². The Bertz CT molecular complexity index is 133. The number of hydrogen-bond acceptors (Lipinski definition) is 1. The molecule has 2 rings (SSSR count). The van der Waals surface area contributed by atoms with E-state index in [-0.39, 0.29) is 0 Å². The van der Waals surface area contributed by atoms with E-state index >= 15 is 0 Å². The summed E-state index contributed by atoms with van der Waals surface area (Å²) in [5.41, 5.74) is 0.317. The highest BCUT2D eigenvalue weighted by atomic mass is 16.6. The van der Waals surface area contributed by atoms with Crippen molar-refractivity contribution in [3.63, 3.8) is 0 Å². The van der Waals surface area contributed by atoms with Gasteiger partial charge in [-0.25, -0.2) is 0 Å². The van der Waals surface area contributed by atoms with Gasteiger partial charge in [0.2, 0.25) is 0 Å². The van der Waals surface area contributed by atoms with Crippen molar-refractivity contribution in [2.45, 2.75) is 44.8 Å². The fourth-order valence-corrected chi connectivity index (χ4v) is 2.10. The van der Waals surface area contributed by atoms with Gasteiger partial charge < -0.3 is 4.74 Å². The van der Waals surface area contributed by atoms with Gasteiger partial charge in [0, 0.05) is 0 Å². The number of hydrogen-bond donors (Lipinski definition) is 0. The van der Waals surface area contributed by atoms with E-state index in [1.165, 1.54) is 19.3 Å². The molecule has 1 aliphatic heterocycles. The molecular weight excluding hydrogens is 112 g/mol. The van der Waals surface area contributed by atoms with Crippen molar-refractivity contribution in [1.82, 2.24) is 0 Å². The third-order valence-corrected chi connectivity index (χ3v) is 2.79. The van der Waals surface area contributed by atoms with Gasteiger partial charge in [-0.15, -0.1) is 0 Å². The van der Waals surface area contributed by atoms with E-state index in [0.29, 0.717) is 11.7 Å². The van der Waals surface area contributed by atoms with Gasteiger partial charge in [-0.1, -0.05) is 13.3 Å². The smallest absolute Gasteiger partial charge is 0.0923 e. The van der Waals surface area contributed by atoms with E-state index in [9.17, 15) is 0 Å². The monoisotopic (exact) mass is 126 g/mol. The van der Waals surface area contributed by atoms with Crippen molar-refractivity contribution < 1.29 is 4.74 Å². The van der Waals surface area contributed by atoms with Crippen LogP contribution in [0.25, 0.3) is 0 Å². The molecule has 2 fully saturated rings. The lowest BCUT2D eigenvalue weighted by Gasteiger charge is -2.17. The van der Waals surface area contributed by atoms with Gasteiger partial charge in [0.25, 0.3) is 0 Å². The van der Waals surface area contributed by atoms with Crippen LogP contribution in [0.4, 0.5) is 0 Å². The summed E-state index contributed by atoms with van der Waals surface area (Å²) in [7, 11) is 0. The first-order chi connectivity index (χ1) is 4.22. The number of ether oxygens (including phenoxy) is 1. The third-order valence-electron chi connectivity index (χ3n) is 2.79. The molecule has 1 aliphatic carbocycles. The van der Waals surface area contributed by atoms with Crippen LogP contribution in [0, 0.1) is 5.92 Å². The second-order valence-electron chi connectivity index (χ2n) is 3.72. The van der Waals surface area contributed by atoms with E-state index in [2.05, 4.69) is 13.8 Å². The van der Waals surface area contributed by atoms with Crippen LogP contribution in [-0.4, -0.2) is 11.7 Å². The zero-order valence-corrected chi connectivity index (χ0v) is 6.18. The molecule has 0 radical (unpaired) electrons. The molecule has 1 heterocycles. The highest BCUT2D eigenvalue weighted by Crippen LogP contribution is 2.49. The van der Waals surface area contributed by atoms with Crippen LogP contribution in [0.5, 0.6) is 0 Å². The average Bonchev–Trinajstić information content (AvgIpc) is 2.43. The van der Waals surface area contributed by atoms with Crippen molar-refractivity contribution in [3.05, 3.63) is 0 Å². The molecule has 1 heteroatoms. The largest absolute Gasteiger partial charge is 0.366 e. The molecule has 0 amide bonds. The highest BCUT2D eigenvalue weighted by Gasteiger charge is 2.56. The van der Waals surface area contributed by atoms with Crippen molar-refractivity contribution in [3.8, 4) is 0 Å². The molecule has 52 valence electrons. The predicted molar refractivity (Wildman–Crippen MR) is 36.3 cm³/mol. The van der Waals surface area contributed by atoms with Crippen LogP contribution in [0.3, 0.4) is 0 Å². The topological polar surface area (TPSA) is 12.5 Å². The molecule has 3 atom stereocenters. The van der Waals surface area contributed by atoms with Gasteiger partial charge in [-0.05, 0) is 25.7 Å². The van der Waals surface area contributed by atoms with Crippen LogP contribution in [-0.2, 0) is 4.74 Å². The summed E-state index contributed by atoms with van der Waals surface area (Å²) >= 11 is 0. The van der Waals surface area contributed by atoms with Crippen LogP contribution < -0.4 is 0 Å². The standard InChI is InChI=1S/C8H14O/c1-6-4-3-5-8(2)7(6)9-8/h6-7H,3-5H2,1-2H3/t6-,7+,8-/m0/s1. The maximum atomic E-state index is 5.58. The van der Waals surface area contributed by atoms with Gasteiger partial charge in [-0.2, -0.15) is 0 Å². The van der Waals surface area contributed by atoms with Gasteiger partial charge >= 0.3 is 0 Å². The van der Waals surface area contributed by atoms with Gasteiger partial charge in [-0.3, -0.25) is 0 Å². The minimum atomic E-state index is 0.317. The summed E-state index contributed by atoms with van der Waals surface area (Å²) in [5, 5.41) is 0. The molecule has 0 aromatic heterocycles. The fourth-order valence-electron chi connectivity index (χ4n) is 2.10. The first-order valence-electron chi connectivity index (χ1n) is 3.90. The number of rotatable bonds is 0. The van der Waals surface area contributed by atoms with E-state index in [4.69, 9.17) is 4.74 Å². The lowest BCUT2D eigenvalue weighted by atomic mass is 9.84. The van der Waals surface area contributed by atoms with Crippen LogP contribution >= 0.6 is 0 Å². The molecule has 0 unspecified atom stereocenters. The summed E-state index contributed by atoms with van der Waals surface area (Å²) in [4.78, 5) is 0. The molecule has 0 aromatic rings. The zero-order chi connectivity index (χ0) is 6.48. The molecule has 1 nitrogen and oxygen atoms in total. The SMILES string of the molecule is C[C@H]1CCC[C@]2(C)O[C@H]12. The van der Waals surface area contributed by atoms with Gasteiger partial charge in [0.15, 0.2) is 0 Å². The zero-order valence-electron chi connectivity index (χ0n) is 6.18. The molecule has 1 saturated heterocycles. The Labute approximate surface area is 56.4 Å². The number of fused-ring (bicyclic) bond motifs is 1. The Hall–Kier alpha value is -0.0400. The molecule has 9 heavy (non-hydrogen) atoms. The van der Waals surface area contributed by atoms with E-state index < -0.39 is 0 Å². The predicted octanol–water partition coefficient (Wildman–Crippen LogP) is 1.96. The number of epoxide rings is 1. The second-order valence-corrected chi connectivity index (χ2v) is 3.72. The summed E-state index contributed by atoms with van der Waals surface area (Å²) in [6, 6.07) is 0. The van der Waals surface area contributed by atoms with E-state index in [1.54, 1.807) is 0 Å². The Morgan fingerprint density at radius 2 is 2.33 bits per heavy atom. The molecule has 0 spiro atoms. The van der Waals surface area contributed by atoms with Crippen LogP contribution in [0.2, 0.25) is 0 Å². The van der Waals surface area contributed by atoms with E-state index in [1.807, 2.05) is 0 Å². The first kappa shape index (κ1) is 5.72. The van der Waals surface area contributed by atoms with Crippen molar-refractivity contribution >= 4 is 0 Å². The maximum absolute atomic E-state index is 5.58.